The molecule has 5 nitrogen and oxygen atoms in total. The summed E-state index contributed by atoms with van der Waals surface area (Å²) in [5, 5.41) is 2.63. The predicted octanol–water partition coefficient (Wildman–Crippen LogP) is 2.28. The van der Waals surface area contributed by atoms with E-state index in [0.717, 1.165) is 22.7 Å². The minimum atomic E-state index is -0.601. The van der Waals surface area contributed by atoms with Crippen LogP contribution in [-0.4, -0.2) is 23.0 Å². The maximum absolute atomic E-state index is 13.2. The van der Waals surface area contributed by atoms with E-state index in [1.165, 1.54) is 6.20 Å². The Labute approximate surface area is 126 Å². The van der Waals surface area contributed by atoms with E-state index in [4.69, 9.17) is 0 Å². The SMILES string of the molecule is O=C1N[C@@H](CCc2ccccc2)C(=O)N1c1cncc(F)c1. The van der Waals surface area contributed by atoms with Crippen LogP contribution < -0.4 is 10.2 Å². The summed E-state index contributed by atoms with van der Waals surface area (Å²) in [4.78, 5) is 28.9. The van der Waals surface area contributed by atoms with Gasteiger partial charge in [-0.1, -0.05) is 30.3 Å². The van der Waals surface area contributed by atoms with Crippen LogP contribution in [0.3, 0.4) is 0 Å². The Morgan fingerprint density at radius 1 is 1.18 bits per heavy atom. The molecule has 1 N–H and O–H groups in total. The molecule has 0 radical (unpaired) electrons. The summed E-state index contributed by atoms with van der Waals surface area (Å²) in [5.74, 6) is -0.973. The van der Waals surface area contributed by atoms with E-state index in [0.29, 0.717) is 12.8 Å². The van der Waals surface area contributed by atoms with Crippen molar-refractivity contribution < 1.29 is 14.0 Å². The number of carbonyl (C=O) groups excluding carboxylic acids is 2. The fourth-order valence-electron chi connectivity index (χ4n) is 2.45. The van der Waals surface area contributed by atoms with Crippen LogP contribution in [0.15, 0.2) is 48.8 Å². The van der Waals surface area contributed by atoms with Gasteiger partial charge in [0.2, 0.25) is 0 Å². The number of hydrogen-bond acceptors (Lipinski definition) is 3. The lowest BCUT2D eigenvalue weighted by Gasteiger charge is -2.12. The van der Waals surface area contributed by atoms with Gasteiger partial charge in [-0.05, 0) is 18.4 Å². The van der Waals surface area contributed by atoms with E-state index < -0.39 is 17.9 Å². The van der Waals surface area contributed by atoms with E-state index in [1.54, 1.807) is 0 Å². The largest absolute Gasteiger partial charge is 0.329 e. The van der Waals surface area contributed by atoms with Gasteiger partial charge in [0.15, 0.2) is 0 Å². The molecule has 22 heavy (non-hydrogen) atoms. The zero-order chi connectivity index (χ0) is 15.5. The van der Waals surface area contributed by atoms with Crippen molar-refractivity contribution >= 4 is 17.6 Å². The number of nitrogens with one attached hydrogen (secondary N) is 1. The highest BCUT2D eigenvalue weighted by Gasteiger charge is 2.38. The zero-order valence-electron chi connectivity index (χ0n) is 11.7. The molecule has 0 saturated carbocycles. The molecule has 1 saturated heterocycles. The summed E-state index contributed by atoms with van der Waals surface area (Å²) in [5.41, 5.74) is 1.24. The van der Waals surface area contributed by atoms with Crippen molar-refractivity contribution in [2.75, 3.05) is 4.90 Å². The van der Waals surface area contributed by atoms with E-state index in [1.807, 2.05) is 30.3 Å². The van der Waals surface area contributed by atoms with Gasteiger partial charge in [-0.15, -0.1) is 0 Å². The Morgan fingerprint density at radius 3 is 2.68 bits per heavy atom. The fourth-order valence-corrected chi connectivity index (χ4v) is 2.45. The summed E-state index contributed by atoms with van der Waals surface area (Å²) < 4.78 is 13.2. The molecule has 0 aliphatic carbocycles. The van der Waals surface area contributed by atoms with Gasteiger partial charge < -0.3 is 5.32 Å². The van der Waals surface area contributed by atoms with Crippen molar-refractivity contribution in [3.8, 4) is 0 Å². The Morgan fingerprint density at radius 2 is 1.95 bits per heavy atom. The van der Waals surface area contributed by atoms with Gasteiger partial charge in [0.25, 0.3) is 5.91 Å². The molecule has 1 atom stereocenters. The molecular weight excluding hydrogens is 285 g/mol. The van der Waals surface area contributed by atoms with Crippen LogP contribution in [0.2, 0.25) is 0 Å². The number of hydrogen-bond donors (Lipinski definition) is 1. The van der Waals surface area contributed by atoms with Crippen LogP contribution in [-0.2, 0) is 11.2 Å². The highest BCUT2D eigenvalue weighted by atomic mass is 19.1. The number of amides is 3. The van der Waals surface area contributed by atoms with Crippen molar-refractivity contribution in [3.63, 3.8) is 0 Å². The van der Waals surface area contributed by atoms with Crippen molar-refractivity contribution in [2.45, 2.75) is 18.9 Å². The molecule has 2 heterocycles. The second kappa shape index (κ2) is 5.93. The van der Waals surface area contributed by atoms with E-state index in [-0.39, 0.29) is 11.6 Å². The molecule has 3 amide bonds. The number of nitrogens with zero attached hydrogens (tertiary/aromatic N) is 2. The van der Waals surface area contributed by atoms with Gasteiger partial charge in [0.1, 0.15) is 11.9 Å². The third kappa shape index (κ3) is 2.81. The van der Waals surface area contributed by atoms with Gasteiger partial charge in [-0.25, -0.2) is 14.1 Å². The lowest BCUT2D eigenvalue weighted by atomic mass is 10.1. The molecule has 0 unspecified atom stereocenters. The van der Waals surface area contributed by atoms with E-state index in [2.05, 4.69) is 10.3 Å². The van der Waals surface area contributed by atoms with Crippen LogP contribution in [0.1, 0.15) is 12.0 Å². The minimum Gasteiger partial charge on any atom is -0.325 e. The van der Waals surface area contributed by atoms with Crippen LogP contribution in [0.25, 0.3) is 0 Å². The number of carbonyl (C=O) groups is 2. The van der Waals surface area contributed by atoms with Crippen molar-refractivity contribution in [3.05, 3.63) is 60.2 Å². The zero-order valence-corrected chi connectivity index (χ0v) is 11.7. The number of aryl methyl sites for hydroxylation is 1. The highest BCUT2D eigenvalue weighted by molar-refractivity contribution is 6.21. The van der Waals surface area contributed by atoms with Gasteiger partial charge >= 0.3 is 6.03 Å². The second-order valence-electron chi connectivity index (χ2n) is 5.06. The molecule has 112 valence electrons. The maximum atomic E-state index is 13.2. The number of aromatic nitrogens is 1. The van der Waals surface area contributed by atoms with E-state index >= 15 is 0 Å². The number of halogens is 1. The number of anilines is 1. The molecule has 2 aromatic rings. The molecule has 1 aliphatic rings. The third-order valence-corrected chi connectivity index (χ3v) is 3.53. The lowest BCUT2D eigenvalue weighted by molar-refractivity contribution is -0.118. The van der Waals surface area contributed by atoms with Crippen molar-refractivity contribution in [2.24, 2.45) is 0 Å². The number of benzene rings is 1. The molecule has 1 fully saturated rings. The first-order chi connectivity index (χ1) is 10.6. The average Bonchev–Trinajstić information content (AvgIpc) is 2.80. The summed E-state index contributed by atoms with van der Waals surface area (Å²) >= 11 is 0. The fraction of sp³-hybridized carbons (Fsp3) is 0.188. The Kier molecular flexibility index (Phi) is 3.82. The Bertz CT molecular complexity index is 706. The summed E-state index contributed by atoms with van der Waals surface area (Å²) in [7, 11) is 0. The number of pyridine rings is 1. The van der Waals surface area contributed by atoms with Crippen LogP contribution in [0.4, 0.5) is 14.9 Å². The topological polar surface area (TPSA) is 62.3 Å². The Hall–Kier alpha value is -2.76. The molecule has 0 bridgehead atoms. The summed E-state index contributed by atoms with van der Waals surface area (Å²) in [6, 6.07) is 9.68. The first-order valence-corrected chi connectivity index (χ1v) is 6.94. The Balaban J connectivity index is 1.71. The van der Waals surface area contributed by atoms with Crippen LogP contribution >= 0.6 is 0 Å². The van der Waals surface area contributed by atoms with E-state index in [9.17, 15) is 14.0 Å². The smallest absolute Gasteiger partial charge is 0.325 e. The van der Waals surface area contributed by atoms with Gasteiger partial charge in [0.05, 0.1) is 18.1 Å². The first-order valence-electron chi connectivity index (χ1n) is 6.94. The van der Waals surface area contributed by atoms with Gasteiger partial charge in [-0.2, -0.15) is 0 Å². The number of rotatable bonds is 4. The van der Waals surface area contributed by atoms with Crippen molar-refractivity contribution in [1.82, 2.24) is 10.3 Å². The molecule has 1 aromatic heterocycles. The number of urea groups is 1. The van der Waals surface area contributed by atoms with Gasteiger partial charge in [-0.3, -0.25) is 9.78 Å². The number of imide groups is 1. The molecule has 1 aliphatic heterocycles. The van der Waals surface area contributed by atoms with Gasteiger partial charge in [0, 0.05) is 6.07 Å². The highest BCUT2D eigenvalue weighted by Crippen LogP contribution is 2.21. The molecule has 0 spiro atoms. The third-order valence-electron chi connectivity index (χ3n) is 3.53. The lowest BCUT2D eigenvalue weighted by Crippen LogP contribution is -2.31. The summed E-state index contributed by atoms with van der Waals surface area (Å²) in [6.45, 7) is 0. The van der Waals surface area contributed by atoms with Crippen molar-refractivity contribution in [1.29, 1.82) is 0 Å². The predicted molar refractivity (Wildman–Crippen MR) is 78.8 cm³/mol. The monoisotopic (exact) mass is 299 g/mol. The quantitative estimate of drug-likeness (QED) is 0.881. The van der Waals surface area contributed by atoms with Crippen LogP contribution in [0, 0.1) is 5.82 Å². The molecular formula is C16H14FN3O2. The maximum Gasteiger partial charge on any atom is 0.329 e. The standard InChI is InChI=1S/C16H14FN3O2/c17-12-8-13(10-18-9-12)20-15(21)14(19-16(20)22)7-6-11-4-2-1-3-5-11/h1-5,8-10,14H,6-7H2,(H,19,22)/t14-/m0/s1. The molecule has 3 rings (SSSR count). The normalized spacial score (nSPS) is 17.7. The summed E-state index contributed by atoms with van der Waals surface area (Å²) in [6.07, 6.45) is 3.48. The first kappa shape index (κ1) is 14.2. The molecule has 6 heteroatoms. The molecule has 1 aromatic carbocycles. The average molecular weight is 299 g/mol. The minimum absolute atomic E-state index is 0.143. The second-order valence-corrected chi connectivity index (χ2v) is 5.06. The van der Waals surface area contributed by atoms with Crippen LogP contribution in [0.5, 0.6) is 0 Å².